The Morgan fingerprint density at radius 3 is 2.69 bits per heavy atom. The molecule has 2 N–H and O–H groups in total. The second-order valence-corrected chi connectivity index (χ2v) is 7.28. The van der Waals surface area contributed by atoms with E-state index in [9.17, 15) is 0 Å². The van der Waals surface area contributed by atoms with Crippen molar-refractivity contribution in [2.45, 2.75) is 0 Å². The number of pyridine rings is 2. The summed E-state index contributed by atoms with van der Waals surface area (Å²) in [4.78, 5) is 25.2. The maximum absolute atomic E-state index is 4.85. The third-order valence-corrected chi connectivity index (χ3v) is 5.44. The summed E-state index contributed by atoms with van der Waals surface area (Å²) in [5.41, 5.74) is 7.02. The van der Waals surface area contributed by atoms with Crippen LogP contribution in [0.3, 0.4) is 0 Å². The van der Waals surface area contributed by atoms with Crippen LogP contribution >= 0.6 is 11.3 Å². The highest BCUT2D eigenvalue weighted by Crippen LogP contribution is 2.32. The van der Waals surface area contributed by atoms with Crippen LogP contribution in [0.15, 0.2) is 60.2 Å². The van der Waals surface area contributed by atoms with Gasteiger partial charge in [0.05, 0.1) is 29.1 Å². The summed E-state index contributed by atoms with van der Waals surface area (Å²) in [6.45, 7) is 0. The molecule has 6 aromatic heterocycles. The summed E-state index contributed by atoms with van der Waals surface area (Å²) in [6, 6.07) is 4.04. The SMILES string of the molecule is c1ncc(-c2cc3c(-c4nc5c(-c6ccsc6)cncc5[nH]4)n[nH]c3cn2)cn1. The van der Waals surface area contributed by atoms with Crippen LogP contribution in [0.4, 0.5) is 0 Å². The first-order valence-electron chi connectivity index (χ1n) is 8.83. The molecule has 0 radical (unpaired) electrons. The summed E-state index contributed by atoms with van der Waals surface area (Å²) in [5.74, 6) is 0.678. The zero-order chi connectivity index (χ0) is 19.2. The number of hydrogen-bond donors (Lipinski definition) is 2. The van der Waals surface area contributed by atoms with E-state index in [1.165, 1.54) is 6.33 Å². The van der Waals surface area contributed by atoms with Gasteiger partial charge in [-0.25, -0.2) is 15.0 Å². The lowest BCUT2D eigenvalue weighted by atomic mass is 10.1. The topological polar surface area (TPSA) is 109 Å². The predicted octanol–water partition coefficient (Wildman–Crippen LogP) is 4.08. The Kier molecular flexibility index (Phi) is 3.47. The van der Waals surface area contributed by atoms with Crippen LogP contribution in [-0.2, 0) is 0 Å². The first-order chi connectivity index (χ1) is 14.4. The summed E-state index contributed by atoms with van der Waals surface area (Å²) in [7, 11) is 0. The van der Waals surface area contributed by atoms with Crippen molar-refractivity contribution in [3.8, 4) is 33.9 Å². The van der Waals surface area contributed by atoms with Crippen LogP contribution in [0.2, 0.25) is 0 Å². The van der Waals surface area contributed by atoms with Gasteiger partial charge >= 0.3 is 0 Å². The van der Waals surface area contributed by atoms with Gasteiger partial charge in [-0.2, -0.15) is 16.4 Å². The van der Waals surface area contributed by atoms with Crippen molar-refractivity contribution < 1.29 is 0 Å². The average Bonchev–Trinajstić information content (AvgIpc) is 3.52. The van der Waals surface area contributed by atoms with E-state index >= 15 is 0 Å². The average molecular weight is 396 g/mol. The molecule has 0 fully saturated rings. The van der Waals surface area contributed by atoms with Crippen molar-refractivity contribution >= 4 is 33.3 Å². The lowest BCUT2D eigenvalue weighted by Crippen LogP contribution is -1.87. The van der Waals surface area contributed by atoms with Crippen molar-refractivity contribution in [2.24, 2.45) is 0 Å². The van der Waals surface area contributed by atoms with E-state index in [4.69, 9.17) is 4.98 Å². The Labute approximate surface area is 167 Å². The number of imidazole rings is 1. The van der Waals surface area contributed by atoms with Gasteiger partial charge in [-0.3, -0.25) is 15.1 Å². The fourth-order valence-electron chi connectivity index (χ4n) is 3.36. The maximum Gasteiger partial charge on any atom is 0.159 e. The fraction of sp³-hybridized carbons (Fsp3) is 0. The Hall–Kier alpha value is -3.98. The number of nitrogens with zero attached hydrogens (tertiary/aromatic N) is 6. The minimum Gasteiger partial charge on any atom is -0.335 e. The van der Waals surface area contributed by atoms with Crippen molar-refractivity contribution in [1.29, 1.82) is 0 Å². The summed E-state index contributed by atoms with van der Waals surface area (Å²) in [6.07, 6.45) is 10.4. The molecule has 0 bridgehead atoms. The summed E-state index contributed by atoms with van der Waals surface area (Å²) in [5, 5.41) is 12.6. The number of fused-ring (bicyclic) bond motifs is 2. The van der Waals surface area contributed by atoms with Gasteiger partial charge in [-0.1, -0.05) is 0 Å². The Bertz CT molecular complexity index is 1450. The molecule has 0 amide bonds. The van der Waals surface area contributed by atoms with Crippen LogP contribution in [0.1, 0.15) is 0 Å². The van der Waals surface area contributed by atoms with Crippen molar-refractivity contribution in [3.63, 3.8) is 0 Å². The number of aromatic nitrogens is 8. The van der Waals surface area contributed by atoms with Gasteiger partial charge in [0, 0.05) is 35.1 Å². The van der Waals surface area contributed by atoms with Crippen LogP contribution < -0.4 is 0 Å². The van der Waals surface area contributed by atoms with Gasteiger partial charge in [0.25, 0.3) is 0 Å². The first-order valence-corrected chi connectivity index (χ1v) is 9.77. The Morgan fingerprint density at radius 2 is 1.83 bits per heavy atom. The zero-order valence-corrected chi connectivity index (χ0v) is 15.7. The van der Waals surface area contributed by atoms with E-state index in [0.29, 0.717) is 5.82 Å². The van der Waals surface area contributed by atoms with Crippen LogP contribution in [-0.4, -0.2) is 40.1 Å². The molecule has 0 atom stereocenters. The van der Waals surface area contributed by atoms with Crippen LogP contribution in [0.5, 0.6) is 0 Å². The highest BCUT2D eigenvalue weighted by molar-refractivity contribution is 7.08. The lowest BCUT2D eigenvalue weighted by molar-refractivity contribution is 1.10. The highest BCUT2D eigenvalue weighted by Gasteiger charge is 2.16. The van der Waals surface area contributed by atoms with Crippen LogP contribution in [0.25, 0.3) is 55.8 Å². The Morgan fingerprint density at radius 1 is 0.897 bits per heavy atom. The number of thiophene rings is 1. The molecule has 6 aromatic rings. The molecule has 29 heavy (non-hydrogen) atoms. The molecule has 0 saturated carbocycles. The third-order valence-electron chi connectivity index (χ3n) is 4.75. The second kappa shape index (κ2) is 6.28. The minimum atomic E-state index is 0.678. The van der Waals surface area contributed by atoms with Gasteiger partial charge in [0.2, 0.25) is 0 Å². The van der Waals surface area contributed by atoms with Crippen molar-refractivity contribution in [1.82, 2.24) is 40.1 Å². The smallest absolute Gasteiger partial charge is 0.159 e. The van der Waals surface area contributed by atoms with E-state index in [-0.39, 0.29) is 0 Å². The molecule has 6 heterocycles. The van der Waals surface area contributed by atoms with Gasteiger partial charge in [0.1, 0.15) is 17.5 Å². The molecule has 8 nitrogen and oxygen atoms in total. The largest absolute Gasteiger partial charge is 0.335 e. The molecular weight excluding hydrogens is 384 g/mol. The second-order valence-electron chi connectivity index (χ2n) is 6.50. The molecule has 138 valence electrons. The molecule has 0 aromatic carbocycles. The van der Waals surface area contributed by atoms with Gasteiger partial charge in [-0.15, -0.1) is 0 Å². The summed E-state index contributed by atoms with van der Waals surface area (Å²) < 4.78 is 0. The minimum absolute atomic E-state index is 0.678. The molecule has 6 rings (SSSR count). The Balaban J connectivity index is 1.53. The van der Waals surface area contributed by atoms with Gasteiger partial charge in [0.15, 0.2) is 5.82 Å². The third kappa shape index (κ3) is 2.59. The number of H-pyrrole nitrogens is 2. The number of hydrogen-bond acceptors (Lipinski definition) is 7. The molecule has 0 aliphatic carbocycles. The number of nitrogens with one attached hydrogen (secondary N) is 2. The molecular formula is C20H12N8S. The number of aromatic amines is 2. The van der Waals surface area contributed by atoms with Crippen LogP contribution in [0, 0.1) is 0 Å². The van der Waals surface area contributed by atoms with E-state index in [0.717, 1.165) is 50.0 Å². The zero-order valence-electron chi connectivity index (χ0n) is 14.9. The molecule has 0 aliphatic heterocycles. The van der Waals surface area contributed by atoms with Crippen molar-refractivity contribution in [3.05, 3.63) is 60.2 Å². The van der Waals surface area contributed by atoms with E-state index in [1.54, 1.807) is 36.1 Å². The monoisotopic (exact) mass is 396 g/mol. The lowest BCUT2D eigenvalue weighted by Gasteiger charge is -2.00. The first kappa shape index (κ1) is 16.0. The fourth-order valence-corrected chi connectivity index (χ4v) is 4.02. The number of rotatable bonds is 3. The standard InChI is InChI=1S/C20H12N8S/c1-2-29-9-11(1)14-6-21-7-17-18(14)26-20(25-17)19-13-3-15(12-4-22-10-23-5-12)24-8-16(13)27-28-19/h1-10H,(H,25,26)(H,27,28). The molecule has 0 saturated heterocycles. The highest BCUT2D eigenvalue weighted by atomic mass is 32.1. The quantitative estimate of drug-likeness (QED) is 0.466. The maximum atomic E-state index is 4.85. The summed E-state index contributed by atoms with van der Waals surface area (Å²) >= 11 is 1.65. The normalized spacial score (nSPS) is 11.4. The molecule has 0 unspecified atom stereocenters. The van der Waals surface area contributed by atoms with Gasteiger partial charge in [-0.05, 0) is 28.5 Å². The van der Waals surface area contributed by atoms with E-state index in [1.807, 2.05) is 17.6 Å². The van der Waals surface area contributed by atoms with Crippen molar-refractivity contribution in [2.75, 3.05) is 0 Å². The van der Waals surface area contributed by atoms with E-state index in [2.05, 4.69) is 46.6 Å². The predicted molar refractivity (Wildman–Crippen MR) is 111 cm³/mol. The molecule has 0 spiro atoms. The van der Waals surface area contributed by atoms with E-state index < -0.39 is 0 Å². The van der Waals surface area contributed by atoms with Gasteiger partial charge < -0.3 is 4.98 Å². The molecule has 0 aliphatic rings. The molecule has 9 heteroatoms.